The Balaban J connectivity index is 1.02. The van der Waals surface area contributed by atoms with E-state index < -0.39 is 53.3 Å². The van der Waals surface area contributed by atoms with Crippen LogP contribution in [-0.4, -0.2) is 169 Å². The van der Waals surface area contributed by atoms with Gasteiger partial charge in [-0.25, -0.2) is 5.43 Å². The largest absolute Gasteiger partial charge is 0.508 e. The molecule has 9 atom stereocenters. The third-order valence-corrected chi connectivity index (χ3v) is 17.3. The fourth-order valence-corrected chi connectivity index (χ4v) is 12.8. The number of likely N-dealkylation sites (N-methyl/N-ethyl adjacent to an activating group) is 1. The van der Waals surface area contributed by atoms with Gasteiger partial charge in [-0.3, -0.25) is 39.0 Å². The second kappa shape index (κ2) is 23.9. The molecule has 17 heteroatoms. The number of phenols is 1. The number of fused-ring (bicyclic) bond motifs is 6. The average molecular weight is 1080 g/mol. The molecular weight excluding hydrogens is 1000 g/mol. The quantitative estimate of drug-likeness (QED) is 0.0938. The first-order chi connectivity index (χ1) is 38.1. The van der Waals surface area contributed by atoms with E-state index in [9.17, 15) is 24.3 Å². The van der Waals surface area contributed by atoms with Crippen LogP contribution < -0.4 is 10.7 Å². The van der Waals surface area contributed by atoms with E-state index in [1.807, 2.05) is 36.4 Å². The summed E-state index contributed by atoms with van der Waals surface area (Å²) in [4.78, 5) is 70.0. The number of phenolic OH excluding ortho intramolecular Hbond substituents is 1. The van der Waals surface area contributed by atoms with E-state index in [1.165, 1.54) is 9.91 Å². The van der Waals surface area contributed by atoms with Crippen LogP contribution in [0.4, 0.5) is 0 Å². The van der Waals surface area contributed by atoms with Crippen molar-refractivity contribution < 1.29 is 43.2 Å². The number of esters is 1. The van der Waals surface area contributed by atoms with Crippen molar-refractivity contribution in [2.75, 3.05) is 66.7 Å². The van der Waals surface area contributed by atoms with Crippen molar-refractivity contribution in [2.45, 2.75) is 135 Å². The van der Waals surface area contributed by atoms with Crippen LogP contribution in [0.3, 0.4) is 0 Å². The second-order valence-electron chi connectivity index (χ2n) is 23.3. The van der Waals surface area contributed by atoms with Crippen LogP contribution >= 0.6 is 0 Å². The minimum absolute atomic E-state index is 0.00498. The van der Waals surface area contributed by atoms with Crippen molar-refractivity contribution in [1.29, 1.82) is 0 Å². The topological polar surface area (TPSA) is 180 Å². The molecule has 1 unspecified atom stereocenters. The molecule has 4 fully saturated rings. The molecule has 4 aromatic rings. The van der Waals surface area contributed by atoms with E-state index in [2.05, 4.69) is 83.8 Å². The van der Waals surface area contributed by atoms with Gasteiger partial charge in [0.2, 0.25) is 5.91 Å². The number of ether oxygens (including phenoxy) is 4. The molecule has 7 heterocycles. The number of hydrogen-bond acceptors (Lipinski definition) is 13. The summed E-state index contributed by atoms with van der Waals surface area (Å²) in [6.45, 7) is 20.2. The molecule has 422 valence electrons. The lowest BCUT2D eigenvalue weighted by atomic mass is 9.83. The number of carbonyl (C=O) groups excluding carboxylic acids is 4. The SMILES string of the molecule is C=C[C@@H](C)[C@@H](C(=O)N[C@H]1Cc2cc(O)cc(c2)-c2ccc3c(c2)c(c(C2=C([C@H](C)OC)N=CC(N4CCN([C@H]5CCCO5)CC4)C2)n3CC)CC(C)(C)COC(=O)[C@@H]2CCCN(N2)C1=O)N(C)C(=O)[C@@H]1OC[C@@H]1c1ccccc1. The van der Waals surface area contributed by atoms with Gasteiger partial charge in [0, 0.05) is 112 Å². The molecule has 0 saturated carbocycles. The standard InChI is InChI=1S/C62H80N8O9/c1-9-38(3)55(66(7)60(74)57-49(36-78-57)41-16-12-11-13-17-41)58(72)64-51-30-40-28-43(31-45(71)29-40)42-20-21-52-46(32-42)48(34-62(5,6)37-79-61(75)50-18-14-22-70(65-50)59(51)73)56(69(52)10-2)47-33-44(35-63-54(47)39(4)76-8)67-23-25-68(26-24-67)53-19-15-27-77-53/h9,11-13,16-17,20-21,28-29,31-32,35,38-39,44,49-51,53,55,57,65,71H,1,10,14-15,18-19,22-27,30,33-34,36-37H2,2-8H3,(H,64,72)/t38-,39+,44?,49-,50+,51+,53-,55+,57-/m1/s1. The van der Waals surface area contributed by atoms with Gasteiger partial charge >= 0.3 is 5.97 Å². The van der Waals surface area contributed by atoms with Crippen molar-refractivity contribution in [3.8, 4) is 16.9 Å². The molecule has 0 radical (unpaired) electrons. The fraction of sp³-hybridized carbons (Fsp3) is 0.532. The predicted octanol–water partition coefficient (Wildman–Crippen LogP) is 6.86. The number of piperazine rings is 1. The lowest BCUT2D eigenvalue weighted by Crippen LogP contribution is -2.63. The maximum Gasteiger partial charge on any atom is 0.324 e. The molecule has 17 nitrogen and oxygen atoms in total. The van der Waals surface area contributed by atoms with Gasteiger partial charge in [-0.1, -0.05) is 69.3 Å². The summed E-state index contributed by atoms with van der Waals surface area (Å²) in [6, 6.07) is 18.4. The van der Waals surface area contributed by atoms with Gasteiger partial charge in [0.05, 0.1) is 30.7 Å². The highest BCUT2D eigenvalue weighted by atomic mass is 16.5. The first-order valence-corrected chi connectivity index (χ1v) is 28.5. The van der Waals surface area contributed by atoms with Gasteiger partial charge in [0.25, 0.3) is 11.8 Å². The number of aliphatic imine (C=N–C) groups is 1. The van der Waals surface area contributed by atoms with E-state index in [0.717, 1.165) is 102 Å². The summed E-state index contributed by atoms with van der Waals surface area (Å²) in [5, 5.41) is 17.1. The normalized spacial score (nSPS) is 26.2. The van der Waals surface area contributed by atoms with E-state index in [4.69, 9.17) is 23.9 Å². The number of cyclic esters (lactones) is 1. The first kappa shape index (κ1) is 56.1. The molecule has 3 aromatic carbocycles. The zero-order chi connectivity index (χ0) is 55.7. The van der Waals surface area contributed by atoms with Crippen LogP contribution in [0.2, 0.25) is 0 Å². The Labute approximate surface area is 464 Å². The van der Waals surface area contributed by atoms with Crippen LogP contribution in [0.5, 0.6) is 5.75 Å². The highest BCUT2D eigenvalue weighted by molar-refractivity contribution is 5.96. The Bertz CT molecular complexity index is 2980. The molecule has 6 bridgehead atoms. The van der Waals surface area contributed by atoms with Crippen LogP contribution in [-0.2, 0) is 57.5 Å². The third-order valence-electron chi connectivity index (χ3n) is 17.3. The lowest BCUT2D eigenvalue weighted by Gasteiger charge is -2.41. The molecule has 6 aliphatic heterocycles. The van der Waals surface area contributed by atoms with Crippen molar-refractivity contribution in [2.24, 2.45) is 16.3 Å². The van der Waals surface area contributed by atoms with E-state index in [1.54, 1.807) is 39.3 Å². The number of aromatic nitrogens is 1. The molecule has 3 N–H and O–H groups in total. The van der Waals surface area contributed by atoms with Crippen molar-refractivity contribution in [3.05, 3.63) is 107 Å². The van der Waals surface area contributed by atoms with Crippen LogP contribution in [0.15, 0.2) is 90.1 Å². The van der Waals surface area contributed by atoms with Gasteiger partial charge in [0.1, 0.15) is 36.2 Å². The Morgan fingerprint density at radius 1 is 0.975 bits per heavy atom. The third kappa shape index (κ3) is 11.7. The number of nitrogens with zero attached hydrogens (tertiary/aromatic N) is 6. The smallest absolute Gasteiger partial charge is 0.324 e. The molecule has 0 spiro atoms. The average Bonchev–Trinajstić information content (AvgIpc) is 4.20. The summed E-state index contributed by atoms with van der Waals surface area (Å²) in [7, 11) is 3.31. The number of methoxy groups -OCH3 is 1. The maximum absolute atomic E-state index is 15.0. The van der Waals surface area contributed by atoms with Crippen LogP contribution in [0.1, 0.15) is 95.0 Å². The highest BCUT2D eigenvalue weighted by Crippen LogP contribution is 2.43. The number of benzene rings is 3. The van der Waals surface area contributed by atoms with Gasteiger partial charge in [-0.2, -0.15) is 0 Å². The number of amides is 3. The maximum atomic E-state index is 15.0. The number of aryl methyl sites for hydroxylation is 1. The van der Waals surface area contributed by atoms with E-state index in [-0.39, 0.29) is 55.5 Å². The fourth-order valence-electron chi connectivity index (χ4n) is 12.8. The number of carbonyl (C=O) groups is 4. The lowest BCUT2D eigenvalue weighted by molar-refractivity contribution is -0.164. The Hall–Kier alpha value is -6.21. The number of hydrogen-bond donors (Lipinski definition) is 3. The molecule has 79 heavy (non-hydrogen) atoms. The Morgan fingerprint density at radius 3 is 2.44 bits per heavy atom. The summed E-state index contributed by atoms with van der Waals surface area (Å²) in [6.07, 6.45) is 7.24. The van der Waals surface area contributed by atoms with Gasteiger partial charge < -0.3 is 38.8 Å². The first-order valence-electron chi connectivity index (χ1n) is 28.5. The molecular formula is C62H80N8O9. The van der Waals surface area contributed by atoms with Crippen LogP contribution in [0, 0.1) is 11.3 Å². The minimum atomic E-state index is -1.19. The van der Waals surface area contributed by atoms with Crippen LogP contribution in [0.25, 0.3) is 27.6 Å². The zero-order valence-corrected chi connectivity index (χ0v) is 47.1. The predicted molar refractivity (Wildman–Crippen MR) is 304 cm³/mol. The summed E-state index contributed by atoms with van der Waals surface area (Å²) < 4.78 is 26.6. The van der Waals surface area contributed by atoms with Gasteiger partial charge in [-0.05, 0) is 104 Å². The van der Waals surface area contributed by atoms with Gasteiger partial charge in [-0.15, -0.1) is 6.58 Å². The summed E-state index contributed by atoms with van der Waals surface area (Å²) in [5.74, 6) is -2.58. The molecule has 4 saturated heterocycles. The number of rotatable bonds is 13. The van der Waals surface area contributed by atoms with Crippen molar-refractivity contribution >= 4 is 46.4 Å². The monoisotopic (exact) mass is 1080 g/mol. The molecule has 10 rings (SSSR count). The second-order valence-corrected chi connectivity index (χ2v) is 23.3. The van der Waals surface area contributed by atoms with Crippen molar-refractivity contribution in [3.63, 3.8) is 0 Å². The summed E-state index contributed by atoms with van der Waals surface area (Å²) >= 11 is 0. The van der Waals surface area contributed by atoms with Crippen molar-refractivity contribution in [1.82, 2.24) is 35.0 Å². The minimum Gasteiger partial charge on any atom is -0.508 e. The number of aromatic hydroxyl groups is 1. The molecule has 0 aliphatic carbocycles. The molecule has 3 amide bonds. The van der Waals surface area contributed by atoms with E-state index >= 15 is 0 Å². The zero-order valence-electron chi connectivity index (χ0n) is 47.1. The Morgan fingerprint density at radius 2 is 1.75 bits per heavy atom. The highest BCUT2D eigenvalue weighted by Gasteiger charge is 2.45. The Kier molecular flexibility index (Phi) is 16.9. The molecule has 6 aliphatic rings. The number of hydrazine groups is 1. The molecule has 1 aromatic heterocycles. The van der Waals surface area contributed by atoms with Gasteiger partial charge in [0.15, 0.2) is 0 Å². The van der Waals surface area contributed by atoms with E-state index in [0.29, 0.717) is 38.0 Å². The summed E-state index contributed by atoms with van der Waals surface area (Å²) in [5.41, 5.74) is 11.0. The number of nitrogens with one attached hydrogen (secondary N) is 2.